The van der Waals surface area contributed by atoms with Gasteiger partial charge >= 0.3 is 0 Å². The zero-order valence-corrected chi connectivity index (χ0v) is 9.66. The summed E-state index contributed by atoms with van der Waals surface area (Å²) in [5.41, 5.74) is 0.607. The highest BCUT2D eigenvalue weighted by Gasteiger charge is 2.04. The first kappa shape index (κ1) is 12.5. The second-order valence-electron chi connectivity index (χ2n) is 3.79. The lowest BCUT2D eigenvalue weighted by molar-refractivity contribution is -0.115. The van der Waals surface area contributed by atoms with Gasteiger partial charge in [-0.2, -0.15) is 0 Å². The smallest absolute Gasteiger partial charge is 0.238 e. The van der Waals surface area contributed by atoms with Gasteiger partial charge < -0.3 is 15.7 Å². The fourth-order valence-corrected chi connectivity index (χ4v) is 1.20. The minimum Gasteiger partial charge on any atom is -0.508 e. The first-order valence-electron chi connectivity index (χ1n) is 5.44. The Morgan fingerprint density at radius 1 is 1.50 bits per heavy atom. The Hall–Kier alpha value is -1.55. The van der Waals surface area contributed by atoms with Gasteiger partial charge in [-0.3, -0.25) is 4.79 Å². The predicted molar refractivity (Wildman–Crippen MR) is 64.5 cm³/mol. The third-order valence-electron chi connectivity index (χ3n) is 2.35. The van der Waals surface area contributed by atoms with E-state index in [-0.39, 0.29) is 18.2 Å². The number of carbonyl (C=O) groups is 1. The molecule has 0 aliphatic heterocycles. The summed E-state index contributed by atoms with van der Waals surface area (Å²) in [5, 5.41) is 15.0. The monoisotopic (exact) mass is 222 g/mol. The van der Waals surface area contributed by atoms with Crippen molar-refractivity contribution < 1.29 is 9.90 Å². The summed E-state index contributed by atoms with van der Waals surface area (Å²) in [6.07, 6.45) is 0.986. The average molecular weight is 222 g/mol. The Labute approximate surface area is 95.7 Å². The number of nitrogens with one attached hydrogen (secondary N) is 2. The van der Waals surface area contributed by atoms with Crippen molar-refractivity contribution in [3.05, 3.63) is 24.3 Å². The topological polar surface area (TPSA) is 61.4 Å². The molecule has 3 N–H and O–H groups in total. The number of hydrogen-bond acceptors (Lipinski definition) is 3. The average Bonchev–Trinajstić information content (AvgIpc) is 2.26. The number of benzene rings is 1. The number of aromatic hydroxyl groups is 1. The molecule has 0 spiro atoms. The predicted octanol–water partition coefficient (Wildman–Crippen LogP) is 1.72. The van der Waals surface area contributed by atoms with Crippen LogP contribution in [0.3, 0.4) is 0 Å². The number of phenols is 1. The molecule has 4 nitrogen and oxygen atoms in total. The molecule has 1 atom stereocenters. The Kier molecular flexibility index (Phi) is 4.79. The molecule has 0 saturated carbocycles. The van der Waals surface area contributed by atoms with E-state index in [1.807, 2.05) is 6.92 Å². The van der Waals surface area contributed by atoms with Gasteiger partial charge in [0.25, 0.3) is 0 Å². The molecule has 0 heterocycles. The highest BCUT2D eigenvalue weighted by Crippen LogP contribution is 2.14. The second-order valence-corrected chi connectivity index (χ2v) is 3.79. The van der Waals surface area contributed by atoms with E-state index in [1.54, 1.807) is 18.2 Å². The molecule has 16 heavy (non-hydrogen) atoms. The molecular formula is C12H18N2O2. The van der Waals surface area contributed by atoms with Crippen LogP contribution >= 0.6 is 0 Å². The van der Waals surface area contributed by atoms with Crippen LogP contribution in [0.1, 0.15) is 20.3 Å². The van der Waals surface area contributed by atoms with E-state index in [0.29, 0.717) is 11.7 Å². The van der Waals surface area contributed by atoms with E-state index in [2.05, 4.69) is 17.6 Å². The van der Waals surface area contributed by atoms with Gasteiger partial charge in [0.05, 0.1) is 6.54 Å². The molecule has 88 valence electrons. The van der Waals surface area contributed by atoms with Crippen LogP contribution in [-0.2, 0) is 4.79 Å². The number of carbonyl (C=O) groups excluding carboxylic acids is 1. The lowest BCUT2D eigenvalue weighted by Gasteiger charge is -2.11. The standard InChI is InChI=1S/C12H18N2O2/c1-3-9(2)13-8-12(16)14-10-5-4-6-11(15)7-10/h4-7,9,13,15H,3,8H2,1-2H3,(H,14,16). The van der Waals surface area contributed by atoms with E-state index in [1.165, 1.54) is 6.07 Å². The van der Waals surface area contributed by atoms with Crippen LogP contribution in [0.25, 0.3) is 0 Å². The van der Waals surface area contributed by atoms with Crippen LogP contribution < -0.4 is 10.6 Å². The van der Waals surface area contributed by atoms with Crippen molar-refractivity contribution in [2.45, 2.75) is 26.3 Å². The SMILES string of the molecule is CCC(C)NCC(=O)Nc1cccc(O)c1. The third-order valence-corrected chi connectivity index (χ3v) is 2.35. The summed E-state index contributed by atoms with van der Waals surface area (Å²) < 4.78 is 0. The molecule has 0 saturated heterocycles. The van der Waals surface area contributed by atoms with Gasteiger partial charge in [0, 0.05) is 17.8 Å². The van der Waals surface area contributed by atoms with Gasteiger partial charge in [-0.1, -0.05) is 13.0 Å². The summed E-state index contributed by atoms with van der Waals surface area (Å²) in [6, 6.07) is 6.83. The van der Waals surface area contributed by atoms with Gasteiger partial charge in [0.2, 0.25) is 5.91 Å². The van der Waals surface area contributed by atoms with Crippen LogP contribution in [0.2, 0.25) is 0 Å². The fourth-order valence-electron chi connectivity index (χ4n) is 1.20. The van der Waals surface area contributed by atoms with Crippen molar-refractivity contribution in [2.24, 2.45) is 0 Å². The second kappa shape index (κ2) is 6.12. The van der Waals surface area contributed by atoms with Crippen molar-refractivity contribution >= 4 is 11.6 Å². The molecule has 0 aromatic heterocycles. The van der Waals surface area contributed by atoms with Crippen molar-refractivity contribution in [3.63, 3.8) is 0 Å². The van der Waals surface area contributed by atoms with Crippen molar-refractivity contribution in [1.29, 1.82) is 0 Å². The number of amides is 1. The third kappa shape index (κ3) is 4.31. The summed E-state index contributed by atoms with van der Waals surface area (Å²) in [5.74, 6) is 0.0404. The maximum absolute atomic E-state index is 11.5. The normalized spacial score (nSPS) is 12.1. The molecule has 1 aromatic rings. The molecule has 1 rings (SSSR count). The van der Waals surface area contributed by atoms with Gasteiger partial charge in [-0.05, 0) is 25.5 Å². The van der Waals surface area contributed by atoms with Crippen LogP contribution in [0.4, 0.5) is 5.69 Å². The molecule has 0 bridgehead atoms. The molecule has 1 aromatic carbocycles. The summed E-state index contributed by atoms with van der Waals surface area (Å²) in [6.45, 7) is 4.37. The first-order chi connectivity index (χ1) is 7.61. The van der Waals surface area contributed by atoms with Gasteiger partial charge in [-0.25, -0.2) is 0 Å². The Balaban J connectivity index is 2.40. The molecule has 0 radical (unpaired) electrons. The van der Waals surface area contributed by atoms with Gasteiger partial charge in [0.1, 0.15) is 5.75 Å². The van der Waals surface area contributed by atoms with Crippen LogP contribution in [0.15, 0.2) is 24.3 Å². The zero-order valence-electron chi connectivity index (χ0n) is 9.66. The van der Waals surface area contributed by atoms with E-state index >= 15 is 0 Å². The number of hydrogen-bond donors (Lipinski definition) is 3. The zero-order chi connectivity index (χ0) is 12.0. The van der Waals surface area contributed by atoms with E-state index in [0.717, 1.165) is 6.42 Å². The maximum atomic E-state index is 11.5. The van der Waals surface area contributed by atoms with Crippen LogP contribution in [0.5, 0.6) is 5.75 Å². The van der Waals surface area contributed by atoms with Crippen molar-refractivity contribution in [1.82, 2.24) is 5.32 Å². The van der Waals surface area contributed by atoms with Gasteiger partial charge in [0.15, 0.2) is 0 Å². The lowest BCUT2D eigenvalue weighted by Crippen LogP contribution is -2.33. The minimum atomic E-state index is -0.106. The summed E-state index contributed by atoms with van der Waals surface area (Å²) in [7, 11) is 0. The highest BCUT2D eigenvalue weighted by molar-refractivity contribution is 5.92. The molecular weight excluding hydrogens is 204 g/mol. The molecule has 4 heteroatoms. The van der Waals surface area contributed by atoms with E-state index in [4.69, 9.17) is 0 Å². The van der Waals surface area contributed by atoms with E-state index in [9.17, 15) is 9.90 Å². The minimum absolute atomic E-state index is 0.106. The fraction of sp³-hybridized carbons (Fsp3) is 0.417. The van der Waals surface area contributed by atoms with Gasteiger partial charge in [-0.15, -0.1) is 0 Å². The van der Waals surface area contributed by atoms with Crippen LogP contribution in [-0.4, -0.2) is 23.6 Å². The highest BCUT2D eigenvalue weighted by atomic mass is 16.3. The lowest BCUT2D eigenvalue weighted by atomic mass is 10.2. The molecule has 0 aliphatic carbocycles. The molecule has 0 aliphatic rings. The van der Waals surface area contributed by atoms with Crippen molar-refractivity contribution in [2.75, 3.05) is 11.9 Å². The summed E-state index contributed by atoms with van der Waals surface area (Å²) in [4.78, 5) is 11.5. The number of rotatable bonds is 5. The molecule has 0 fully saturated rings. The summed E-state index contributed by atoms with van der Waals surface area (Å²) >= 11 is 0. The number of anilines is 1. The molecule has 1 unspecified atom stereocenters. The first-order valence-corrected chi connectivity index (χ1v) is 5.44. The Morgan fingerprint density at radius 3 is 2.88 bits per heavy atom. The van der Waals surface area contributed by atoms with E-state index < -0.39 is 0 Å². The molecule has 1 amide bonds. The maximum Gasteiger partial charge on any atom is 0.238 e. The largest absolute Gasteiger partial charge is 0.508 e. The van der Waals surface area contributed by atoms with Crippen molar-refractivity contribution in [3.8, 4) is 5.75 Å². The van der Waals surface area contributed by atoms with Crippen LogP contribution in [0, 0.1) is 0 Å². The number of phenolic OH excluding ortho intramolecular Hbond substituents is 1. The quantitative estimate of drug-likeness (QED) is 0.711. The Bertz CT molecular complexity index is 353. The Morgan fingerprint density at radius 2 is 2.25 bits per heavy atom.